The number of hydrogen-bond acceptors (Lipinski definition) is 2. The lowest BCUT2D eigenvalue weighted by molar-refractivity contribution is 0.426. The Morgan fingerprint density at radius 3 is 2.53 bits per heavy atom. The highest BCUT2D eigenvalue weighted by molar-refractivity contribution is 6.30. The molecule has 0 radical (unpaired) electrons. The number of nitrogens with zero attached hydrogens (tertiary/aromatic N) is 2. The molecule has 17 heavy (non-hydrogen) atoms. The third kappa shape index (κ3) is 4.00. The topological polar surface area (TPSA) is 29.9 Å². The van der Waals surface area contributed by atoms with Gasteiger partial charge in [-0.15, -0.1) is 0 Å². The molecule has 0 spiro atoms. The van der Waals surface area contributed by atoms with Gasteiger partial charge in [0.25, 0.3) is 0 Å². The average Bonchev–Trinajstić information content (AvgIpc) is 2.45. The lowest BCUT2D eigenvalue weighted by Gasteiger charge is -2.17. The fraction of sp³-hybridized carbons (Fsp3) is 0.769. The molecule has 1 rings (SSSR count). The molecule has 0 saturated carbocycles. The van der Waals surface area contributed by atoms with Crippen molar-refractivity contribution in [1.29, 1.82) is 0 Å². The third-order valence-electron chi connectivity index (χ3n) is 3.13. The van der Waals surface area contributed by atoms with Crippen molar-refractivity contribution >= 4 is 11.6 Å². The summed E-state index contributed by atoms with van der Waals surface area (Å²) in [4.78, 5) is 0. The zero-order valence-corrected chi connectivity index (χ0v) is 12.3. The first kappa shape index (κ1) is 14.5. The molecule has 98 valence electrons. The summed E-state index contributed by atoms with van der Waals surface area (Å²) >= 11 is 6.24. The second-order valence-electron chi connectivity index (χ2n) is 4.98. The van der Waals surface area contributed by atoms with Crippen LogP contribution >= 0.6 is 11.6 Å². The fourth-order valence-electron chi connectivity index (χ4n) is 2.37. The number of halogens is 1. The summed E-state index contributed by atoms with van der Waals surface area (Å²) in [6.45, 7) is 9.71. The van der Waals surface area contributed by atoms with E-state index in [1.165, 1.54) is 12.0 Å². The number of nitrogens with one attached hydrogen (secondary N) is 1. The van der Waals surface area contributed by atoms with Gasteiger partial charge in [-0.25, -0.2) is 0 Å². The zero-order chi connectivity index (χ0) is 13.0. The number of rotatable bonds is 6. The van der Waals surface area contributed by atoms with E-state index < -0.39 is 0 Å². The molecule has 2 atom stereocenters. The van der Waals surface area contributed by atoms with E-state index in [0.717, 1.165) is 23.8 Å². The van der Waals surface area contributed by atoms with E-state index in [1.54, 1.807) is 4.68 Å². The Kier molecular flexibility index (Phi) is 5.47. The van der Waals surface area contributed by atoms with E-state index in [9.17, 15) is 0 Å². The van der Waals surface area contributed by atoms with Gasteiger partial charge < -0.3 is 5.32 Å². The Morgan fingerprint density at radius 1 is 1.41 bits per heavy atom. The molecule has 0 aliphatic rings. The number of aromatic nitrogens is 2. The number of aryl methyl sites for hydroxylation is 2. The predicted molar refractivity (Wildman–Crippen MR) is 73.6 cm³/mol. The SMILES string of the molecule is CCNC(C)CC(C)Cc1c(C)nn(C)c1Cl. The summed E-state index contributed by atoms with van der Waals surface area (Å²) in [7, 11) is 1.89. The Bertz CT molecular complexity index is 360. The highest BCUT2D eigenvalue weighted by Crippen LogP contribution is 2.23. The molecule has 0 aromatic carbocycles. The van der Waals surface area contributed by atoms with Crippen LogP contribution in [-0.4, -0.2) is 22.4 Å². The zero-order valence-electron chi connectivity index (χ0n) is 11.5. The van der Waals surface area contributed by atoms with Gasteiger partial charge in [-0.3, -0.25) is 4.68 Å². The van der Waals surface area contributed by atoms with Gasteiger partial charge in [-0.05, 0) is 39.2 Å². The van der Waals surface area contributed by atoms with Gasteiger partial charge in [0.2, 0.25) is 0 Å². The molecule has 4 heteroatoms. The van der Waals surface area contributed by atoms with Gasteiger partial charge in [-0.2, -0.15) is 5.10 Å². The van der Waals surface area contributed by atoms with E-state index in [4.69, 9.17) is 11.6 Å². The van der Waals surface area contributed by atoms with Crippen LogP contribution in [0.2, 0.25) is 5.15 Å². The van der Waals surface area contributed by atoms with Gasteiger partial charge in [-0.1, -0.05) is 25.4 Å². The number of hydrogen-bond donors (Lipinski definition) is 1. The molecule has 0 saturated heterocycles. The fourth-order valence-corrected chi connectivity index (χ4v) is 2.62. The van der Waals surface area contributed by atoms with E-state index in [0.29, 0.717) is 12.0 Å². The highest BCUT2D eigenvalue weighted by atomic mass is 35.5. The molecular weight excluding hydrogens is 234 g/mol. The molecule has 1 N–H and O–H groups in total. The van der Waals surface area contributed by atoms with Crippen LogP contribution in [-0.2, 0) is 13.5 Å². The van der Waals surface area contributed by atoms with Crippen molar-refractivity contribution < 1.29 is 0 Å². The highest BCUT2D eigenvalue weighted by Gasteiger charge is 2.15. The molecule has 0 aliphatic carbocycles. The van der Waals surface area contributed by atoms with Crippen LogP contribution in [0.1, 0.15) is 38.4 Å². The van der Waals surface area contributed by atoms with Gasteiger partial charge in [0.1, 0.15) is 5.15 Å². The summed E-state index contributed by atoms with van der Waals surface area (Å²) in [5, 5.41) is 8.57. The standard InChI is InChI=1S/C13H24ClN3/c1-6-15-10(3)7-9(2)8-12-11(4)16-17(5)13(12)14/h9-10,15H,6-8H2,1-5H3. The maximum Gasteiger partial charge on any atom is 0.130 e. The molecule has 0 bridgehead atoms. The van der Waals surface area contributed by atoms with Crippen molar-refractivity contribution in [2.75, 3.05) is 6.54 Å². The van der Waals surface area contributed by atoms with Crippen LogP contribution in [0.5, 0.6) is 0 Å². The normalized spacial score (nSPS) is 14.9. The van der Waals surface area contributed by atoms with Crippen LogP contribution < -0.4 is 5.32 Å². The van der Waals surface area contributed by atoms with Crippen molar-refractivity contribution in [1.82, 2.24) is 15.1 Å². The van der Waals surface area contributed by atoms with Gasteiger partial charge in [0, 0.05) is 18.7 Å². The van der Waals surface area contributed by atoms with E-state index in [-0.39, 0.29) is 0 Å². The molecule has 0 aliphatic heterocycles. The smallest absolute Gasteiger partial charge is 0.130 e. The second-order valence-corrected chi connectivity index (χ2v) is 5.34. The molecular formula is C13H24ClN3. The lowest BCUT2D eigenvalue weighted by Crippen LogP contribution is -2.27. The summed E-state index contributed by atoms with van der Waals surface area (Å²) < 4.78 is 1.76. The second kappa shape index (κ2) is 6.41. The summed E-state index contributed by atoms with van der Waals surface area (Å²) in [6, 6.07) is 0.561. The molecule has 0 fully saturated rings. The molecule has 2 unspecified atom stereocenters. The lowest BCUT2D eigenvalue weighted by atomic mass is 9.95. The Labute approximate surface area is 110 Å². The monoisotopic (exact) mass is 257 g/mol. The quantitative estimate of drug-likeness (QED) is 0.849. The molecule has 1 aromatic heterocycles. The summed E-state index contributed by atoms with van der Waals surface area (Å²) in [5.74, 6) is 0.615. The first-order chi connectivity index (χ1) is 7.95. The molecule has 1 heterocycles. The van der Waals surface area contributed by atoms with E-state index in [2.05, 4.69) is 31.2 Å². The van der Waals surface area contributed by atoms with Crippen LogP contribution in [0.15, 0.2) is 0 Å². The maximum atomic E-state index is 6.24. The Balaban J connectivity index is 2.58. The largest absolute Gasteiger partial charge is 0.315 e. The molecule has 1 aromatic rings. The Hall–Kier alpha value is -0.540. The van der Waals surface area contributed by atoms with Gasteiger partial charge in [0.05, 0.1) is 5.69 Å². The van der Waals surface area contributed by atoms with Crippen molar-refractivity contribution in [2.45, 2.75) is 46.6 Å². The van der Waals surface area contributed by atoms with Crippen LogP contribution in [0.4, 0.5) is 0 Å². The van der Waals surface area contributed by atoms with Gasteiger partial charge in [0.15, 0.2) is 0 Å². The maximum absolute atomic E-state index is 6.24. The van der Waals surface area contributed by atoms with Crippen LogP contribution in [0, 0.1) is 12.8 Å². The van der Waals surface area contributed by atoms with Crippen molar-refractivity contribution in [3.8, 4) is 0 Å². The predicted octanol–water partition coefficient (Wildman–Crippen LogP) is 2.95. The van der Waals surface area contributed by atoms with Crippen molar-refractivity contribution in [2.24, 2.45) is 13.0 Å². The third-order valence-corrected chi connectivity index (χ3v) is 3.60. The molecule has 0 amide bonds. The van der Waals surface area contributed by atoms with E-state index in [1.807, 2.05) is 14.0 Å². The first-order valence-corrected chi connectivity index (χ1v) is 6.74. The van der Waals surface area contributed by atoms with E-state index >= 15 is 0 Å². The van der Waals surface area contributed by atoms with Gasteiger partial charge >= 0.3 is 0 Å². The minimum Gasteiger partial charge on any atom is -0.315 e. The van der Waals surface area contributed by atoms with Crippen LogP contribution in [0.3, 0.4) is 0 Å². The van der Waals surface area contributed by atoms with Crippen molar-refractivity contribution in [3.63, 3.8) is 0 Å². The summed E-state index contributed by atoms with van der Waals surface area (Å²) in [5.41, 5.74) is 2.26. The Morgan fingerprint density at radius 2 is 2.06 bits per heavy atom. The summed E-state index contributed by atoms with van der Waals surface area (Å²) in [6.07, 6.45) is 2.17. The minimum absolute atomic E-state index is 0.561. The van der Waals surface area contributed by atoms with Crippen molar-refractivity contribution in [3.05, 3.63) is 16.4 Å². The van der Waals surface area contributed by atoms with Crippen LogP contribution in [0.25, 0.3) is 0 Å². The first-order valence-electron chi connectivity index (χ1n) is 6.37. The average molecular weight is 258 g/mol. The minimum atomic E-state index is 0.561. The molecule has 3 nitrogen and oxygen atoms in total.